The Bertz CT molecular complexity index is 1140. The molecule has 0 saturated heterocycles. The number of imidazole rings is 1. The summed E-state index contributed by atoms with van der Waals surface area (Å²) in [6, 6.07) is 16.8. The smallest absolute Gasteiger partial charge is 0.262 e. The molecule has 1 atom stereocenters. The van der Waals surface area contributed by atoms with Crippen LogP contribution < -0.4 is 5.32 Å². The second-order valence-corrected chi connectivity index (χ2v) is 8.05. The maximum absolute atomic E-state index is 13.2. The molecule has 146 valence electrons. The highest BCUT2D eigenvalue weighted by atomic mass is 35.5. The van der Waals surface area contributed by atoms with Crippen LogP contribution in [0.4, 0.5) is 4.39 Å². The Hall–Kier alpha value is -2.96. The first-order chi connectivity index (χ1) is 14.0. The van der Waals surface area contributed by atoms with E-state index in [0.29, 0.717) is 9.90 Å². The number of aromatic nitrogens is 2. The zero-order chi connectivity index (χ0) is 20.4. The third kappa shape index (κ3) is 4.23. The van der Waals surface area contributed by atoms with Gasteiger partial charge in [-0.1, -0.05) is 35.9 Å². The minimum absolute atomic E-state index is 0.202. The number of nitrogens with one attached hydrogen (secondary N) is 1. The first-order valence-corrected chi connectivity index (χ1v) is 10.1. The molecule has 7 heteroatoms. The van der Waals surface area contributed by atoms with E-state index in [1.54, 1.807) is 36.5 Å². The molecule has 29 heavy (non-hydrogen) atoms. The largest absolute Gasteiger partial charge is 0.337 e. The van der Waals surface area contributed by atoms with Crippen molar-refractivity contribution in [3.63, 3.8) is 0 Å². The summed E-state index contributed by atoms with van der Waals surface area (Å²) in [6.45, 7) is 0. The molecule has 4 aromatic rings. The molecule has 4 nitrogen and oxygen atoms in total. The number of nitrogens with zero attached hydrogens (tertiary/aromatic N) is 2. The van der Waals surface area contributed by atoms with Crippen molar-refractivity contribution in [1.82, 2.24) is 14.9 Å². The van der Waals surface area contributed by atoms with Crippen LogP contribution in [0.15, 0.2) is 73.1 Å². The summed E-state index contributed by atoms with van der Waals surface area (Å²) in [5.41, 5.74) is 1.75. The van der Waals surface area contributed by atoms with Crippen LogP contribution in [0.3, 0.4) is 0 Å². The molecule has 1 N–H and O–H groups in total. The van der Waals surface area contributed by atoms with E-state index in [0.717, 1.165) is 21.8 Å². The number of carbonyl (C=O) groups is 1. The Labute approximate surface area is 176 Å². The Kier molecular flexibility index (Phi) is 5.47. The van der Waals surface area contributed by atoms with Crippen LogP contribution in [0.2, 0.25) is 5.02 Å². The van der Waals surface area contributed by atoms with E-state index in [9.17, 15) is 9.18 Å². The predicted molar refractivity (Wildman–Crippen MR) is 114 cm³/mol. The van der Waals surface area contributed by atoms with Crippen molar-refractivity contribution in [3.8, 4) is 10.4 Å². The Morgan fingerprint density at radius 1 is 1.10 bits per heavy atom. The fourth-order valence-electron chi connectivity index (χ4n) is 3.04. The number of rotatable bonds is 5. The average molecular weight is 426 g/mol. The topological polar surface area (TPSA) is 46.9 Å². The first-order valence-electron chi connectivity index (χ1n) is 8.90. The van der Waals surface area contributed by atoms with E-state index in [4.69, 9.17) is 11.6 Å². The lowest BCUT2D eigenvalue weighted by Gasteiger charge is -2.19. The van der Waals surface area contributed by atoms with Gasteiger partial charge in [-0.15, -0.1) is 11.3 Å². The molecular formula is C22H17ClFN3OS. The quantitative estimate of drug-likeness (QED) is 0.461. The lowest BCUT2D eigenvalue weighted by molar-refractivity contribution is 0.0945. The fraction of sp³-hybridized carbons (Fsp3) is 0.0909. The van der Waals surface area contributed by atoms with E-state index >= 15 is 0 Å². The molecule has 0 fully saturated rings. The summed E-state index contributed by atoms with van der Waals surface area (Å²) >= 11 is 7.37. The van der Waals surface area contributed by atoms with E-state index in [1.165, 1.54) is 23.5 Å². The van der Waals surface area contributed by atoms with Crippen LogP contribution in [0.1, 0.15) is 27.1 Å². The van der Waals surface area contributed by atoms with E-state index in [-0.39, 0.29) is 11.7 Å². The maximum Gasteiger partial charge on any atom is 0.262 e. The van der Waals surface area contributed by atoms with Crippen molar-refractivity contribution >= 4 is 28.8 Å². The van der Waals surface area contributed by atoms with Gasteiger partial charge < -0.3 is 9.88 Å². The van der Waals surface area contributed by atoms with Crippen molar-refractivity contribution in [2.75, 3.05) is 0 Å². The van der Waals surface area contributed by atoms with E-state index in [2.05, 4.69) is 10.3 Å². The molecule has 0 bridgehead atoms. The molecule has 0 saturated carbocycles. The van der Waals surface area contributed by atoms with Gasteiger partial charge in [0.05, 0.1) is 4.88 Å². The molecule has 0 aliphatic heterocycles. The van der Waals surface area contributed by atoms with Gasteiger partial charge in [0.1, 0.15) is 17.7 Å². The number of hydrogen-bond acceptors (Lipinski definition) is 3. The number of halogens is 2. The zero-order valence-electron chi connectivity index (χ0n) is 15.5. The molecule has 0 aliphatic carbocycles. The minimum atomic E-state index is -0.420. The normalized spacial score (nSPS) is 12.0. The van der Waals surface area contributed by atoms with Crippen molar-refractivity contribution in [3.05, 3.63) is 100 Å². The predicted octanol–water partition coefficient (Wildman–Crippen LogP) is 5.46. The molecule has 4 rings (SSSR count). The van der Waals surface area contributed by atoms with Gasteiger partial charge in [-0.2, -0.15) is 0 Å². The first kappa shape index (κ1) is 19.4. The Balaban J connectivity index is 1.61. The summed E-state index contributed by atoms with van der Waals surface area (Å²) < 4.78 is 15.0. The minimum Gasteiger partial charge on any atom is -0.337 e. The number of amides is 1. The third-order valence-corrected chi connectivity index (χ3v) is 5.94. The highest BCUT2D eigenvalue weighted by Gasteiger charge is 2.22. The average Bonchev–Trinajstić information content (AvgIpc) is 3.37. The van der Waals surface area contributed by atoms with Gasteiger partial charge in [0.2, 0.25) is 0 Å². The number of thiophene rings is 1. The number of carbonyl (C=O) groups excluding carboxylic acids is 1. The maximum atomic E-state index is 13.2. The Morgan fingerprint density at radius 3 is 2.48 bits per heavy atom. The summed E-state index contributed by atoms with van der Waals surface area (Å²) in [4.78, 5) is 18.8. The molecule has 0 spiro atoms. The highest BCUT2D eigenvalue weighted by Crippen LogP contribution is 2.29. The van der Waals surface area contributed by atoms with Gasteiger partial charge in [0.15, 0.2) is 0 Å². The van der Waals surface area contributed by atoms with Crippen molar-refractivity contribution in [2.45, 2.75) is 6.04 Å². The van der Waals surface area contributed by atoms with Crippen molar-refractivity contribution in [2.24, 2.45) is 7.05 Å². The SMILES string of the molecule is Cn1ccnc1[C@H](NC(=O)c1ccc(-c2ccc(F)cc2)s1)c1ccc(Cl)cc1. The standard InChI is InChI=1S/C22H17ClFN3OS/c1-27-13-12-25-21(27)20(15-2-6-16(23)7-3-15)26-22(28)19-11-10-18(29-19)14-4-8-17(24)9-5-14/h2-13,20H,1H3,(H,26,28)/t20-/m1/s1. The van der Waals surface area contributed by atoms with Crippen LogP contribution in [0.25, 0.3) is 10.4 Å². The number of aryl methyl sites for hydroxylation is 1. The summed E-state index contributed by atoms with van der Waals surface area (Å²) in [7, 11) is 1.88. The van der Waals surface area contributed by atoms with Crippen LogP contribution >= 0.6 is 22.9 Å². The second-order valence-electron chi connectivity index (χ2n) is 6.53. The monoisotopic (exact) mass is 425 g/mol. The van der Waals surface area contributed by atoms with Crippen LogP contribution in [0, 0.1) is 5.82 Å². The van der Waals surface area contributed by atoms with Gasteiger partial charge >= 0.3 is 0 Å². The van der Waals surface area contributed by atoms with Crippen LogP contribution in [0.5, 0.6) is 0 Å². The van der Waals surface area contributed by atoms with Gasteiger partial charge in [0.25, 0.3) is 5.91 Å². The van der Waals surface area contributed by atoms with E-state index < -0.39 is 6.04 Å². The van der Waals surface area contributed by atoms with Gasteiger partial charge in [0, 0.05) is 29.3 Å². The van der Waals surface area contributed by atoms with Gasteiger partial charge in [-0.25, -0.2) is 9.37 Å². The van der Waals surface area contributed by atoms with Crippen LogP contribution in [-0.2, 0) is 7.05 Å². The second kappa shape index (κ2) is 8.19. The molecule has 0 unspecified atom stereocenters. The molecule has 1 amide bonds. The van der Waals surface area contributed by atoms with Crippen molar-refractivity contribution < 1.29 is 9.18 Å². The number of hydrogen-bond donors (Lipinski definition) is 1. The molecule has 2 heterocycles. The lowest BCUT2D eigenvalue weighted by atomic mass is 10.1. The zero-order valence-corrected chi connectivity index (χ0v) is 17.0. The van der Waals surface area contributed by atoms with Crippen molar-refractivity contribution in [1.29, 1.82) is 0 Å². The summed E-state index contributed by atoms with van der Waals surface area (Å²) in [5.74, 6) is 0.228. The van der Waals surface area contributed by atoms with Crippen LogP contribution in [-0.4, -0.2) is 15.5 Å². The third-order valence-electron chi connectivity index (χ3n) is 4.55. The number of benzene rings is 2. The van der Waals surface area contributed by atoms with Gasteiger partial charge in [-0.3, -0.25) is 4.79 Å². The molecule has 2 aromatic carbocycles. The molecule has 2 aromatic heterocycles. The van der Waals surface area contributed by atoms with E-state index in [1.807, 2.05) is 36.0 Å². The molecule has 0 aliphatic rings. The van der Waals surface area contributed by atoms with Gasteiger partial charge in [-0.05, 0) is 47.5 Å². The fourth-order valence-corrected chi connectivity index (χ4v) is 4.08. The Morgan fingerprint density at radius 2 is 1.83 bits per heavy atom. The summed E-state index contributed by atoms with van der Waals surface area (Å²) in [5, 5.41) is 3.70. The summed E-state index contributed by atoms with van der Waals surface area (Å²) in [6.07, 6.45) is 3.53. The highest BCUT2D eigenvalue weighted by molar-refractivity contribution is 7.17. The lowest BCUT2D eigenvalue weighted by Crippen LogP contribution is -2.30. The molecule has 0 radical (unpaired) electrons. The molecular weight excluding hydrogens is 409 g/mol.